The normalized spacial score (nSPS) is 13.0. The fourth-order valence-corrected chi connectivity index (χ4v) is 2.04. The highest BCUT2D eigenvalue weighted by Crippen LogP contribution is 2.26. The average molecular weight is 288 g/mol. The molecule has 3 N–H and O–H groups in total. The summed E-state index contributed by atoms with van der Waals surface area (Å²) in [6, 6.07) is 9.96. The number of hydrogen-bond acceptors (Lipinski definition) is 4. The van der Waals surface area contributed by atoms with Crippen LogP contribution in [0.25, 0.3) is 0 Å². The summed E-state index contributed by atoms with van der Waals surface area (Å²) in [5, 5.41) is 11.5. The van der Waals surface area contributed by atoms with Crippen LogP contribution in [0, 0.1) is 5.82 Å². The van der Waals surface area contributed by atoms with Crippen LogP contribution in [0.4, 0.5) is 10.1 Å². The Kier molecular flexibility index (Phi) is 4.37. The fourth-order valence-electron chi connectivity index (χ4n) is 2.04. The van der Waals surface area contributed by atoms with Crippen molar-refractivity contribution in [1.29, 1.82) is 0 Å². The van der Waals surface area contributed by atoms with E-state index in [1.165, 1.54) is 6.07 Å². The predicted molar refractivity (Wildman–Crippen MR) is 80.0 cm³/mol. The van der Waals surface area contributed by atoms with Gasteiger partial charge in [0.05, 0.1) is 17.9 Å². The van der Waals surface area contributed by atoms with E-state index in [9.17, 15) is 4.39 Å². The maximum absolute atomic E-state index is 13.8. The van der Waals surface area contributed by atoms with Crippen LogP contribution >= 0.6 is 0 Å². The van der Waals surface area contributed by atoms with Gasteiger partial charge in [-0.15, -0.1) is 0 Å². The molecule has 1 heterocycles. The van der Waals surface area contributed by atoms with E-state index in [-0.39, 0.29) is 17.7 Å². The lowest BCUT2D eigenvalue weighted by atomic mass is 10.1. The van der Waals surface area contributed by atoms with E-state index in [0.717, 1.165) is 5.69 Å². The molecule has 0 saturated heterocycles. The minimum atomic E-state index is -0.238. The molecule has 0 spiro atoms. The van der Waals surface area contributed by atoms with Crippen LogP contribution in [0.1, 0.15) is 24.2 Å². The largest absolute Gasteiger partial charge is 0.409 e. The molecule has 0 bridgehead atoms. The van der Waals surface area contributed by atoms with Crippen molar-refractivity contribution in [3.05, 3.63) is 59.7 Å². The molecule has 1 unspecified atom stereocenters. The molecule has 0 fully saturated rings. The molecule has 0 aliphatic carbocycles. The summed E-state index contributed by atoms with van der Waals surface area (Å²) in [5.41, 5.74) is 7.27. The Balaban J connectivity index is 2.24. The molecule has 1 aromatic carbocycles. The van der Waals surface area contributed by atoms with Gasteiger partial charge in [-0.1, -0.05) is 23.4 Å². The van der Waals surface area contributed by atoms with Gasteiger partial charge in [0.1, 0.15) is 11.5 Å². The Labute approximate surface area is 122 Å². The van der Waals surface area contributed by atoms with Gasteiger partial charge in [-0.25, -0.2) is 4.39 Å². The monoisotopic (exact) mass is 288 g/mol. The molecule has 5 nitrogen and oxygen atoms in total. The van der Waals surface area contributed by atoms with E-state index in [4.69, 9.17) is 10.9 Å². The van der Waals surface area contributed by atoms with Gasteiger partial charge in [0.15, 0.2) is 5.84 Å². The average Bonchev–Trinajstić information content (AvgIpc) is 2.53. The van der Waals surface area contributed by atoms with Gasteiger partial charge in [0, 0.05) is 12.6 Å². The number of benzene rings is 1. The lowest BCUT2D eigenvalue weighted by Crippen LogP contribution is -2.23. The minimum absolute atomic E-state index is 0.0497. The van der Waals surface area contributed by atoms with Crippen molar-refractivity contribution in [3.63, 3.8) is 0 Å². The van der Waals surface area contributed by atoms with Crippen LogP contribution in [-0.2, 0) is 0 Å². The third-order valence-electron chi connectivity index (χ3n) is 3.46. The number of pyridine rings is 1. The molecule has 2 aromatic rings. The van der Waals surface area contributed by atoms with Crippen molar-refractivity contribution in [2.45, 2.75) is 13.0 Å². The first-order valence-corrected chi connectivity index (χ1v) is 6.45. The number of halogens is 1. The van der Waals surface area contributed by atoms with Crippen LogP contribution in [0.5, 0.6) is 0 Å². The maximum atomic E-state index is 13.8. The van der Waals surface area contributed by atoms with E-state index < -0.39 is 0 Å². The number of rotatable bonds is 4. The Hall–Kier alpha value is -2.63. The molecular weight excluding hydrogens is 271 g/mol. The van der Waals surface area contributed by atoms with Crippen LogP contribution in [-0.4, -0.2) is 23.1 Å². The van der Waals surface area contributed by atoms with Crippen molar-refractivity contribution < 1.29 is 9.60 Å². The van der Waals surface area contributed by atoms with E-state index in [1.807, 2.05) is 24.9 Å². The van der Waals surface area contributed by atoms with Gasteiger partial charge < -0.3 is 15.8 Å². The molecule has 2 rings (SSSR count). The zero-order valence-corrected chi connectivity index (χ0v) is 11.9. The zero-order valence-electron chi connectivity index (χ0n) is 11.9. The van der Waals surface area contributed by atoms with Gasteiger partial charge in [0.2, 0.25) is 0 Å². The van der Waals surface area contributed by atoms with Gasteiger partial charge in [-0.2, -0.15) is 0 Å². The van der Waals surface area contributed by atoms with Crippen molar-refractivity contribution in [2.24, 2.45) is 10.9 Å². The molecule has 1 atom stereocenters. The highest BCUT2D eigenvalue weighted by atomic mass is 19.1. The summed E-state index contributed by atoms with van der Waals surface area (Å²) in [6.07, 6.45) is 1.60. The van der Waals surface area contributed by atoms with Crippen LogP contribution in [0.3, 0.4) is 0 Å². The smallest absolute Gasteiger partial charge is 0.188 e. The van der Waals surface area contributed by atoms with Gasteiger partial charge in [0.25, 0.3) is 0 Å². The second-order valence-corrected chi connectivity index (χ2v) is 4.70. The highest BCUT2D eigenvalue weighted by Gasteiger charge is 2.16. The lowest BCUT2D eigenvalue weighted by Gasteiger charge is -2.27. The van der Waals surface area contributed by atoms with E-state index in [1.54, 1.807) is 30.5 Å². The Morgan fingerprint density at radius 3 is 2.62 bits per heavy atom. The second-order valence-electron chi connectivity index (χ2n) is 4.70. The third-order valence-corrected chi connectivity index (χ3v) is 3.46. The Bertz CT molecular complexity index is 642. The summed E-state index contributed by atoms with van der Waals surface area (Å²) in [5.74, 6) is -0.288. The quantitative estimate of drug-likeness (QED) is 0.392. The number of oxime groups is 1. The summed E-state index contributed by atoms with van der Waals surface area (Å²) >= 11 is 0. The highest BCUT2D eigenvalue weighted by molar-refractivity contribution is 5.95. The van der Waals surface area contributed by atoms with Gasteiger partial charge in [-0.05, 0) is 25.1 Å². The molecule has 0 saturated carbocycles. The van der Waals surface area contributed by atoms with Crippen molar-refractivity contribution >= 4 is 11.5 Å². The SMILES string of the molecule is CC(c1ccccc1F)N(C)c1ccc(/C(N)=N/O)nc1. The molecule has 21 heavy (non-hydrogen) atoms. The lowest BCUT2D eigenvalue weighted by molar-refractivity contribution is 0.318. The molecular formula is C15H17FN4O. The number of hydrogen-bond donors (Lipinski definition) is 2. The molecule has 110 valence electrons. The summed E-state index contributed by atoms with van der Waals surface area (Å²) in [7, 11) is 1.86. The van der Waals surface area contributed by atoms with Crippen LogP contribution < -0.4 is 10.6 Å². The van der Waals surface area contributed by atoms with E-state index in [2.05, 4.69) is 10.1 Å². The Morgan fingerprint density at radius 1 is 1.33 bits per heavy atom. The molecule has 6 heteroatoms. The van der Waals surface area contributed by atoms with Gasteiger partial charge in [-0.3, -0.25) is 4.98 Å². The van der Waals surface area contributed by atoms with Crippen molar-refractivity contribution in [3.8, 4) is 0 Å². The van der Waals surface area contributed by atoms with E-state index in [0.29, 0.717) is 11.3 Å². The van der Waals surface area contributed by atoms with E-state index >= 15 is 0 Å². The standard InChI is InChI=1S/C15H17FN4O/c1-10(12-5-3-4-6-13(12)16)20(2)11-7-8-14(18-9-11)15(17)19-21/h3-10,21H,1-2H3,(H2,17,19). The number of anilines is 1. The first-order chi connectivity index (χ1) is 10.0. The number of nitrogens with zero attached hydrogens (tertiary/aromatic N) is 3. The topological polar surface area (TPSA) is 74.7 Å². The molecule has 0 amide bonds. The van der Waals surface area contributed by atoms with Crippen molar-refractivity contribution in [1.82, 2.24) is 4.98 Å². The molecule has 0 aliphatic rings. The van der Waals surface area contributed by atoms with Gasteiger partial charge >= 0.3 is 0 Å². The number of aromatic nitrogens is 1. The fraction of sp³-hybridized carbons (Fsp3) is 0.200. The maximum Gasteiger partial charge on any atom is 0.188 e. The molecule has 0 radical (unpaired) electrons. The summed E-state index contributed by atoms with van der Waals surface area (Å²) in [4.78, 5) is 6.02. The van der Waals surface area contributed by atoms with Crippen LogP contribution in [0.15, 0.2) is 47.8 Å². The van der Waals surface area contributed by atoms with Crippen molar-refractivity contribution in [2.75, 3.05) is 11.9 Å². The zero-order chi connectivity index (χ0) is 15.4. The molecule has 1 aromatic heterocycles. The Morgan fingerprint density at radius 2 is 2.05 bits per heavy atom. The van der Waals surface area contributed by atoms with Crippen LogP contribution in [0.2, 0.25) is 0 Å². The summed E-state index contributed by atoms with van der Waals surface area (Å²) in [6.45, 7) is 1.91. The minimum Gasteiger partial charge on any atom is -0.409 e. The third kappa shape index (κ3) is 3.10. The number of amidine groups is 1. The number of nitrogens with two attached hydrogens (primary N) is 1. The first-order valence-electron chi connectivity index (χ1n) is 6.45. The summed E-state index contributed by atoms with van der Waals surface area (Å²) < 4.78 is 13.8. The predicted octanol–water partition coefficient (Wildman–Crippen LogP) is 2.51. The second kappa shape index (κ2) is 6.21. The first kappa shape index (κ1) is 14.8. The molecule has 0 aliphatic heterocycles.